The maximum absolute atomic E-state index is 13.4. The summed E-state index contributed by atoms with van der Waals surface area (Å²) < 4.78 is 1.77. The molecule has 1 aromatic heterocycles. The molecule has 2 N–H and O–H groups in total. The lowest BCUT2D eigenvalue weighted by atomic mass is 10.1. The van der Waals surface area contributed by atoms with Gasteiger partial charge in [-0.3, -0.25) is 4.79 Å². The Morgan fingerprint density at radius 3 is 2.27 bits per heavy atom. The summed E-state index contributed by atoms with van der Waals surface area (Å²) in [6.07, 6.45) is 0.705. The highest BCUT2D eigenvalue weighted by Gasteiger charge is 2.23. The van der Waals surface area contributed by atoms with Gasteiger partial charge in [-0.2, -0.15) is 5.10 Å². The van der Waals surface area contributed by atoms with E-state index in [4.69, 9.17) is 16.7 Å². The number of benzene rings is 3. The van der Waals surface area contributed by atoms with Crippen LogP contribution in [0, 0.1) is 13.8 Å². The molecule has 0 bridgehead atoms. The molecule has 0 aliphatic rings. The highest BCUT2D eigenvalue weighted by atomic mass is 35.5. The zero-order chi connectivity index (χ0) is 26.4. The molecule has 0 fully saturated rings. The number of halogens is 1. The molecule has 0 saturated carbocycles. The lowest BCUT2D eigenvalue weighted by molar-refractivity contribution is -0.116. The van der Waals surface area contributed by atoms with Gasteiger partial charge in [-0.25, -0.2) is 9.48 Å². The SMILES string of the molecule is CCCN(CC(=O)Nc1c(-c2ccccc2)c(C)nn1-c1ccccc1C)C(=O)Nc1ccc(Cl)cc1. The summed E-state index contributed by atoms with van der Waals surface area (Å²) in [5.74, 6) is 0.254. The molecule has 0 spiro atoms. The third-order valence-electron chi connectivity index (χ3n) is 5.94. The molecule has 4 rings (SSSR count). The molecular formula is C29H30ClN5O2. The van der Waals surface area contributed by atoms with Crippen LogP contribution in [-0.4, -0.2) is 39.7 Å². The smallest absolute Gasteiger partial charge is 0.315 e. The molecule has 3 aromatic carbocycles. The maximum Gasteiger partial charge on any atom is 0.322 e. The summed E-state index contributed by atoms with van der Waals surface area (Å²) >= 11 is 5.95. The van der Waals surface area contributed by atoms with Crippen LogP contribution in [0.4, 0.5) is 16.3 Å². The first-order chi connectivity index (χ1) is 17.9. The maximum atomic E-state index is 13.4. The van der Waals surface area contributed by atoms with E-state index in [1.807, 2.05) is 75.4 Å². The summed E-state index contributed by atoms with van der Waals surface area (Å²) in [5.41, 5.74) is 5.07. The summed E-state index contributed by atoms with van der Waals surface area (Å²) in [4.78, 5) is 27.8. The molecule has 0 radical (unpaired) electrons. The van der Waals surface area contributed by atoms with Gasteiger partial charge in [0, 0.05) is 22.8 Å². The number of nitrogens with one attached hydrogen (secondary N) is 2. The molecule has 7 nitrogen and oxygen atoms in total. The van der Waals surface area contributed by atoms with Crippen molar-refractivity contribution in [2.24, 2.45) is 0 Å². The number of para-hydroxylation sites is 1. The monoisotopic (exact) mass is 515 g/mol. The molecule has 190 valence electrons. The first kappa shape index (κ1) is 26.0. The third-order valence-corrected chi connectivity index (χ3v) is 6.19. The van der Waals surface area contributed by atoms with Crippen LogP contribution in [0.25, 0.3) is 16.8 Å². The van der Waals surface area contributed by atoms with Gasteiger partial charge in [-0.1, -0.05) is 67.1 Å². The molecule has 4 aromatic rings. The van der Waals surface area contributed by atoms with E-state index in [0.29, 0.717) is 29.5 Å². The molecule has 0 atom stereocenters. The van der Waals surface area contributed by atoms with Crippen LogP contribution in [0.15, 0.2) is 78.9 Å². The van der Waals surface area contributed by atoms with Crippen molar-refractivity contribution in [3.8, 4) is 16.8 Å². The number of hydrogen-bond acceptors (Lipinski definition) is 3. The van der Waals surface area contributed by atoms with E-state index in [0.717, 1.165) is 28.1 Å². The number of aromatic nitrogens is 2. The van der Waals surface area contributed by atoms with Crippen molar-refractivity contribution in [2.75, 3.05) is 23.7 Å². The summed E-state index contributed by atoms with van der Waals surface area (Å²) in [6, 6.07) is 24.2. The fourth-order valence-electron chi connectivity index (χ4n) is 4.17. The van der Waals surface area contributed by atoms with Gasteiger partial charge in [-0.05, 0) is 61.7 Å². The van der Waals surface area contributed by atoms with Gasteiger partial charge in [0.25, 0.3) is 0 Å². The minimum atomic E-state index is -0.355. The lowest BCUT2D eigenvalue weighted by Crippen LogP contribution is -2.41. The van der Waals surface area contributed by atoms with Crippen molar-refractivity contribution < 1.29 is 9.59 Å². The fourth-order valence-corrected chi connectivity index (χ4v) is 4.30. The van der Waals surface area contributed by atoms with Crippen molar-refractivity contribution >= 4 is 35.0 Å². The van der Waals surface area contributed by atoms with Crippen LogP contribution in [0.5, 0.6) is 0 Å². The zero-order valence-corrected chi connectivity index (χ0v) is 21.9. The number of aryl methyl sites for hydroxylation is 2. The second kappa shape index (κ2) is 11.8. The predicted octanol–water partition coefficient (Wildman–Crippen LogP) is 6.69. The lowest BCUT2D eigenvalue weighted by Gasteiger charge is -2.22. The Balaban J connectivity index is 1.63. The fraction of sp³-hybridized carbons (Fsp3) is 0.207. The van der Waals surface area contributed by atoms with Gasteiger partial charge in [0.15, 0.2) is 0 Å². The van der Waals surface area contributed by atoms with Crippen molar-refractivity contribution in [3.05, 3.63) is 95.1 Å². The summed E-state index contributed by atoms with van der Waals surface area (Å²) in [5, 5.41) is 11.3. The number of carbonyl (C=O) groups is 2. The number of rotatable bonds is 8. The average Bonchev–Trinajstić information content (AvgIpc) is 3.21. The molecular weight excluding hydrogens is 486 g/mol. The van der Waals surface area contributed by atoms with Crippen molar-refractivity contribution in [1.82, 2.24) is 14.7 Å². The highest BCUT2D eigenvalue weighted by molar-refractivity contribution is 6.30. The van der Waals surface area contributed by atoms with Gasteiger partial charge in [-0.15, -0.1) is 0 Å². The molecule has 1 heterocycles. The zero-order valence-electron chi connectivity index (χ0n) is 21.2. The number of amides is 3. The largest absolute Gasteiger partial charge is 0.322 e. The van der Waals surface area contributed by atoms with Crippen LogP contribution in [0.2, 0.25) is 5.02 Å². The Labute approximate surface area is 222 Å². The normalized spacial score (nSPS) is 10.7. The van der Waals surface area contributed by atoms with E-state index in [1.165, 1.54) is 4.90 Å². The Kier molecular flexibility index (Phi) is 8.25. The molecule has 0 aliphatic carbocycles. The third kappa shape index (κ3) is 6.19. The predicted molar refractivity (Wildman–Crippen MR) is 149 cm³/mol. The van der Waals surface area contributed by atoms with E-state index >= 15 is 0 Å². The molecule has 37 heavy (non-hydrogen) atoms. The Bertz CT molecular complexity index is 1380. The van der Waals surface area contributed by atoms with Gasteiger partial charge >= 0.3 is 6.03 Å². The Morgan fingerprint density at radius 1 is 0.919 bits per heavy atom. The molecule has 3 amide bonds. The number of carbonyl (C=O) groups excluding carboxylic acids is 2. The number of hydrogen-bond donors (Lipinski definition) is 2. The van der Waals surface area contributed by atoms with E-state index in [-0.39, 0.29) is 18.5 Å². The first-order valence-corrected chi connectivity index (χ1v) is 12.6. The van der Waals surface area contributed by atoms with Crippen molar-refractivity contribution in [1.29, 1.82) is 0 Å². The van der Waals surface area contributed by atoms with E-state index in [1.54, 1.807) is 28.9 Å². The molecule has 0 unspecified atom stereocenters. The quantitative estimate of drug-likeness (QED) is 0.274. The van der Waals surface area contributed by atoms with Crippen LogP contribution >= 0.6 is 11.6 Å². The van der Waals surface area contributed by atoms with E-state index < -0.39 is 0 Å². The minimum Gasteiger partial charge on any atom is -0.315 e. The summed E-state index contributed by atoms with van der Waals surface area (Å²) in [7, 11) is 0. The van der Waals surface area contributed by atoms with E-state index in [9.17, 15) is 9.59 Å². The van der Waals surface area contributed by atoms with Crippen LogP contribution in [-0.2, 0) is 4.79 Å². The first-order valence-electron chi connectivity index (χ1n) is 12.2. The topological polar surface area (TPSA) is 79.3 Å². The van der Waals surface area contributed by atoms with Crippen LogP contribution < -0.4 is 10.6 Å². The number of urea groups is 1. The standard InChI is InChI=1S/C29H30ClN5O2/c1-4-18-34(29(37)31-24-16-14-23(30)15-17-24)19-26(36)32-28-27(22-11-6-5-7-12-22)21(3)33-35(28)25-13-9-8-10-20(25)2/h5-17H,4,18-19H2,1-3H3,(H,31,37)(H,32,36). The molecule has 0 aliphatic heterocycles. The highest BCUT2D eigenvalue weighted by Crippen LogP contribution is 2.34. The van der Waals surface area contributed by atoms with Crippen LogP contribution in [0.3, 0.4) is 0 Å². The van der Waals surface area contributed by atoms with Gasteiger partial charge in [0.1, 0.15) is 12.4 Å². The Hall–Kier alpha value is -4.10. The average molecular weight is 516 g/mol. The second-order valence-corrected chi connectivity index (χ2v) is 9.22. The van der Waals surface area contributed by atoms with Gasteiger partial charge in [0.2, 0.25) is 5.91 Å². The molecule has 0 saturated heterocycles. The second-order valence-electron chi connectivity index (χ2n) is 8.78. The number of anilines is 2. The van der Waals surface area contributed by atoms with Crippen LogP contribution in [0.1, 0.15) is 24.6 Å². The Morgan fingerprint density at radius 2 is 1.59 bits per heavy atom. The number of nitrogens with zero attached hydrogens (tertiary/aromatic N) is 3. The van der Waals surface area contributed by atoms with Gasteiger partial charge in [0.05, 0.1) is 11.4 Å². The summed E-state index contributed by atoms with van der Waals surface area (Å²) in [6.45, 7) is 6.21. The molecule has 8 heteroatoms. The van der Waals surface area contributed by atoms with E-state index in [2.05, 4.69) is 10.6 Å². The van der Waals surface area contributed by atoms with Crippen molar-refractivity contribution in [2.45, 2.75) is 27.2 Å². The van der Waals surface area contributed by atoms with Crippen molar-refractivity contribution in [3.63, 3.8) is 0 Å². The van der Waals surface area contributed by atoms with Gasteiger partial charge < -0.3 is 15.5 Å². The minimum absolute atomic E-state index is 0.112.